The SMILES string of the molecule is COc1ccc(OCCCN2C(=O)[C@@H](NC(C)=O)c3cccc(C)c32)cc1. The second-order valence-corrected chi connectivity index (χ2v) is 6.51. The van der Waals surface area contributed by atoms with Crippen molar-refractivity contribution in [2.45, 2.75) is 26.3 Å². The largest absolute Gasteiger partial charge is 0.497 e. The topological polar surface area (TPSA) is 67.9 Å². The second kappa shape index (κ2) is 8.12. The Labute approximate surface area is 159 Å². The average molecular weight is 368 g/mol. The van der Waals surface area contributed by atoms with Crippen LogP contribution in [0.5, 0.6) is 11.5 Å². The molecule has 0 radical (unpaired) electrons. The molecule has 2 aromatic rings. The number of benzene rings is 2. The zero-order chi connectivity index (χ0) is 19.4. The van der Waals surface area contributed by atoms with Gasteiger partial charge in [0.25, 0.3) is 5.91 Å². The normalized spacial score (nSPS) is 15.4. The number of hydrogen-bond donors (Lipinski definition) is 1. The number of carbonyl (C=O) groups excluding carboxylic acids is 2. The molecule has 1 aliphatic rings. The van der Waals surface area contributed by atoms with Crippen LogP contribution in [-0.4, -0.2) is 32.1 Å². The molecule has 1 heterocycles. The number of ether oxygens (including phenoxy) is 2. The van der Waals surface area contributed by atoms with Crippen LogP contribution in [0.25, 0.3) is 0 Å². The molecule has 0 unspecified atom stereocenters. The van der Waals surface area contributed by atoms with Gasteiger partial charge in [0.1, 0.15) is 17.5 Å². The number of carbonyl (C=O) groups is 2. The minimum atomic E-state index is -0.611. The highest BCUT2D eigenvalue weighted by molar-refractivity contribution is 6.06. The van der Waals surface area contributed by atoms with Crippen molar-refractivity contribution in [3.8, 4) is 11.5 Å². The Hall–Kier alpha value is -3.02. The molecule has 2 aromatic carbocycles. The van der Waals surface area contributed by atoms with Crippen LogP contribution in [-0.2, 0) is 9.59 Å². The summed E-state index contributed by atoms with van der Waals surface area (Å²) in [4.78, 5) is 26.1. The van der Waals surface area contributed by atoms with Crippen LogP contribution in [0, 0.1) is 6.92 Å². The molecule has 0 saturated heterocycles. The van der Waals surface area contributed by atoms with Crippen molar-refractivity contribution >= 4 is 17.5 Å². The van der Waals surface area contributed by atoms with Crippen LogP contribution >= 0.6 is 0 Å². The molecule has 27 heavy (non-hydrogen) atoms. The Kier molecular flexibility index (Phi) is 5.64. The molecule has 2 amide bonds. The summed E-state index contributed by atoms with van der Waals surface area (Å²) >= 11 is 0. The first-order valence-electron chi connectivity index (χ1n) is 8.96. The molecule has 3 rings (SSSR count). The number of hydrogen-bond acceptors (Lipinski definition) is 4. The zero-order valence-corrected chi connectivity index (χ0v) is 15.8. The molecular weight excluding hydrogens is 344 g/mol. The number of para-hydroxylation sites is 1. The second-order valence-electron chi connectivity index (χ2n) is 6.51. The van der Waals surface area contributed by atoms with Crippen LogP contribution in [0.1, 0.15) is 30.5 Å². The fraction of sp³-hybridized carbons (Fsp3) is 0.333. The molecule has 6 heteroatoms. The number of methoxy groups -OCH3 is 1. The van der Waals surface area contributed by atoms with E-state index in [0.717, 1.165) is 28.3 Å². The number of anilines is 1. The summed E-state index contributed by atoms with van der Waals surface area (Å²) in [5, 5.41) is 2.76. The molecular formula is C21H24N2O4. The van der Waals surface area contributed by atoms with E-state index < -0.39 is 6.04 Å². The lowest BCUT2D eigenvalue weighted by molar-refractivity contribution is -0.126. The fourth-order valence-corrected chi connectivity index (χ4v) is 3.33. The van der Waals surface area contributed by atoms with E-state index >= 15 is 0 Å². The van der Waals surface area contributed by atoms with E-state index in [1.165, 1.54) is 6.92 Å². The lowest BCUT2D eigenvalue weighted by atomic mass is 10.1. The van der Waals surface area contributed by atoms with Gasteiger partial charge in [-0.25, -0.2) is 0 Å². The number of rotatable bonds is 7. The lowest BCUT2D eigenvalue weighted by Gasteiger charge is -2.19. The Morgan fingerprint density at radius 1 is 1.15 bits per heavy atom. The molecule has 1 aliphatic heterocycles. The van der Waals surface area contributed by atoms with Gasteiger partial charge in [0.15, 0.2) is 0 Å². The molecule has 0 fully saturated rings. The smallest absolute Gasteiger partial charge is 0.254 e. The van der Waals surface area contributed by atoms with Gasteiger partial charge in [-0.1, -0.05) is 18.2 Å². The Morgan fingerprint density at radius 3 is 2.52 bits per heavy atom. The highest BCUT2D eigenvalue weighted by atomic mass is 16.5. The minimum Gasteiger partial charge on any atom is -0.497 e. The molecule has 0 bridgehead atoms. The van der Waals surface area contributed by atoms with Gasteiger partial charge in [-0.15, -0.1) is 0 Å². The highest BCUT2D eigenvalue weighted by Crippen LogP contribution is 2.38. The fourth-order valence-electron chi connectivity index (χ4n) is 3.33. The predicted octanol–water partition coefficient (Wildman–Crippen LogP) is 3.00. The summed E-state index contributed by atoms with van der Waals surface area (Å²) in [6.07, 6.45) is 0.679. The van der Waals surface area contributed by atoms with E-state index in [-0.39, 0.29) is 11.8 Å². The molecule has 0 saturated carbocycles. The summed E-state index contributed by atoms with van der Waals surface area (Å²) in [6, 6.07) is 12.6. The third-order valence-corrected chi connectivity index (χ3v) is 4.56. The number of amides is 2. The molecule has 0 aromatic heterocycles. The van der Waals surface area contributed by atoms with Crippen molar-refractivity contribution in [1.82, 2.24) is 5.32 Å². The monoisotopic (exact) mass is 368 g/mol. The van der Waals surface area contributed by atoms with E-state index in [9.17, 15) is 9.59 Å². The van der Waals surface area contributed by atoms with Crippen molar-refractivity contribution in [3.05, 3.63) is 53.6 Å². The Bertz CT molecular complexity index is 833. The number of nitrogens with one attached hydrogen (secondary N) is 1. The third kappa shape index (κ3) is 4.05. The van der Waals surface area contributed by atoms with Gasteiger partial charge in [-0.3, -0.25) is 9.59 Å². The summed E-state index contributed by atoms with van der Waals surface area (Å²) in [5.41, 5.74) is 2.77. The summed E-state index contributed by atoms with van der Waals surface area (Å²) in [7, 11) is 1.62. The van der Waals surface area contributed by atoms with Gasteiger partial charge >= 0.3 is 0 Å². The predicted molar refractivity (Wildman–Crippen MR) is 103 cm³/mol. The Morgan fingerprint density at radius 2 is 1.85 bits per heavy atom. The van der Waals surface area contributed by atoms with Crippen molar-refractivity contribution in [3.63, 3.8) is 0 Å². The number of aryl methyl sites for hydroxylation is 1. The van der Waals surface area contributed by atoms with E-state index in [4.69, 9.17) is 9.47 Å². The lowest BCUT2D eigenvalue weighted by Crippen LogP contribution is -2.37. The van der Waals surface area contributed by atoms with E-state index in [2.05, 4.69) is 5.32 Å². The van der Waals surface area contributed by atoms with Gasteiger partial charge in [-0.05, 0) is 43.2 Å². The van der Waals surface area contributed by atoms with Gasteiger partial charge in [0.2, 0.25) is 5.91 Å². The minimum absolute atomic E-state index is 0.0982. The van der Waals surface area contributed by atoms with Gasteiger partial charge < -0.3 is 19.7 Å². The van der Waals surface area contributed by atoms with Gasteiger partial charge in [-0.2, -0.15) is 0 Å². The first-order chi connectivity index (χ1) is 13.0. The van der Waals surface area contributed by atoms with Crippen LogP contribution in [0.4, 0.5) is 5.69 Å². The summed E-state index contributed by atoms with van der Waals surface area (Å²) in [6.45, 7) is 4.42. The molecule has 0 aliphatic carbocycles. The van der Waals surface area contributed by atoms with Gasteiger partial charge in [0, 0.05) is 19.0 Å². The maximum absolute atomic E-state index is 12.8. The van der Waals surface area contributed by atoms with Crippen LogP contribution in [0.15, 0.2) is 42.5 Å². The molecule has 142 valence electrons. The van der Waals surface area contributed by atoms with Crippen molar-refractivity contribution < 1.29 is 19.1 Å². The van der Waals surface area contributed by atoms with Gasteiger partial charge in [0.05, 0.1) is 19.4 Å². The maximum Gasteiger partial charge on any atom is 0.254 e. The molecule has 1 atom stereocenters. The Balaban J connectivity index is 1.64. The molecule has 1 N–H and O–H groups in total. The van der Waals surface area contributed by atoms with Crippen molar-refractivity contribution in [2.75, 3.05) is 25.2 Å². The third-order valence-electron chi connectivity index (χ3n) is 4.56. The number of nitrogens with zero attached hydrogens (tertiary/aromatic N) is 1. The molecule has 0 spiro atoms. The maximum atomic E-state index is 12.8. The first-order valence-corrected chi connectivity index (χ1v) is 8.96. The van der Waals surface area contributed by atoms with Crippen molar-refractivity contribution in [1.29, 1.82) is 0 Å². The van der Waals surface area contributed by atoms with Crippen LogP contribution in [0.2, 0.25) is 0 Å². The molecule has 6 nitrogen and oxygen atoms in total. The van der Waals surface area contributed by atoms with Crippen LogP contribution in [0.3, 0.4) is 0 Å². The van der Waals surface area contributed by atoms with E-state index in [0.29, 0.717) is 19.6 Å². The highest BCUT2D eigenvalue weighted by Gasteiger charge is 2.38. The van der Waals surface area contributed by atoms with Crippen LogP contribution < -0.4 is 19.7 Å². The zero-order valence-electron chi connectivity index (χ0n) is 15.8. The summed E-state index contributed by atoms with van der Waals surface area (Å²) in [5.74, 6) is 1.22. The number of fused-ring (bicyclic) bond motifs is 1. The first kappa shape index (κ1) is 18.8. The van der Waals surface area contributed by atoms with Crippen molar-refractivity contribution in [2.24, 2.45) is 0 Å². The standard InChI is InChI=1S/C21H24N2O4/c1-14-6-4-7-18-19(22-15(2)24)21(25)23(20(14)18)12-5-13-27-17-10-8-16(26-3)9-11-17/h4,6-11,19H,5,12-13H2,1-3H3,(H,22,24)/t19-/m0/s1. The van der Waals surface area contributed by atoms with E-state index in [1.807, 2.05) is 49.4 Å². The average Bonchev–Trinajstić information content (AvgIpc) is 2.92. The summed E-state index contributed by atoms with van der Waals surface area (Å²) < 4.78 is 10.9. The quantitative estimate of drug-likeness (QED) is 0.763. The van der Waals surface area contributed by atoms with E-state index in [1.54, 1.807) is 12.0 Å².